The summed E-state index contributed by atoms with van der Waals surface area (Å²) in [6.45, 7) is 14.4. The quantitative estimate of drug-likeness (QED) is 0.835. The highest BCUT2D eigenvalue weighted by molar-refractivity contribution is 4.98. The average Bonchev–Trinajstić information content (AvgIpc) is 2.37. The molecule has 1 aliphatic carbocycles. The van der Waals surface area contributed by atoms with Crippen molar-refractivity contribution in [3.05, 3.63) is 0 Å². The summed E-state index contributed by atoms with van der Waals surface area (Å²) in [5.41, 5.74) is 0.877. The van der Waals surface area contributed by atoms with Gasteiger partial charge in [-0.05, 0) is 44.4 Å². The van der Waals surface area contributed by atoms with Crippen LogP contribution in [0.2, 0.25) is 0 Å². The first-order chi connectivity index (χ1) is 8.89. The fraction of sp³-hybridized carbons (Fsp3) is 1.00. The fourth-order valence-electron chi connectivity index (χ4n) is 4.05. The predicted molar refractivity (Wildman–Crippen MR) is 83.5 cm³/mol. The van der Waals surface area contributed by atoms with Crippen molar-refractivity contribution in [2.45, 2.75) is 90.8 Å². The highest BCUT2D eigenvalue weighted by Crippen LogP contribution is 2.39. The highest BCUT2D eigenvalue weighted by atomic mass is 15.3. The Morgan fingerprint density at radius 1 is 1.21 bits per heavy atom. The van der Waals surface area contributed by atoms with Crippen molar-refractivity contribution in [2.24, 2.45) is 5.41 Å². The zero-order valence-electron chi connectivity index (χ0n) is 13.8. The van der Waals surface area contributed by atoms with E-state index in [-0.39, 0.29) is 0 Å². The van der Waals surface area contributed by atoms with Gasteiger partial charge in [0.15, 0.2) is 0 Å². The van der Waals surface area contributed by atoms with Gasteiger partial charge in [-0.1, -0.05) is 34.1 Å². The van der Waals surface area contributed by atoms with Crippen LogP contribution < -0.4 is 5.32 Å². The Bertz CT molecular complexity index is 300. The summed E-state index contributed by atoms with van der Waals surface area (Å²) in [7, 11) is 0. The molecule has 1 heterocycles. The predicted octanol–water partition coefficient (Wildman–Crippen LogP) is 3.81. The lowest BCUT2D eigenvalue weighted by atomic mass is 9.74. The molecule has 2 heteroatoms. The third-order valence-electron chi connectivity index (χ3n) is 5.66. The Hall–Kier alpha value is -0.0800. The number of piperazine rings is 1. The molecule has 19 heavy (non-hydrogen) atoms. The van der Waals surface area contributed by atoms with Gasteiger partial charge in [0.1, 0.15) is 0 Å². The minimum absolute atomic E-state index is 0.327. The van der Waals surface area contributed by atoms with Crippen molar-refractivity contribution in [2.75, 3.05) is 13.1 Å². The Labute approximate surface area is 120 Å². The standard InChI is InChI=1S/C17H34N2/c1-6-14-12-18-17(5,7-2)13-19(14)15-9-8-10-16(3,4)11-15/h14-15,18H,6-13H2,1-5H3. The van der Waals surface area contributed by atoms with Gasteiger partial charge in [-0.2, -0.15) is 0 Å². The van der Waals surface area contributed by atoms with Gasteiger partial charge in [-0.25, -0.2) is 0 Å². The van der Waals surface area contributed by atoms with E-state index in [4.69, 9.17) is 0 Å². The molecule has 0 aromatic carbocycles. The highest BCUT2D eigenvalue weighted by Gasteiger charge is 2.40. The first-order valence-electron chi connectivity index (χ1n) is 8.40. The maximum absolute atomic E-state index is 3.79. The molecule has 2 nitrogen and oxygen atoms in total. The molecule has 1 aliphatic heterocycles. The third kappa shape index (κ3) is 3.52. The molecule has 3 atom stereocenters. The van der Waals surface area contributed by atoms with Crippen LogP contribution in [0.4, 0.5) is 0 Å². The smallest absolute Gasteiger partial charge is 0.0278 e. The number of rotatable bonds is 3. The van der Waals surface area contributed by atoms with Gasteiger partial charge in [0.05, 0.1) is 0 Å². The lowest BCUT2D eigenvalue weighted by molar-refractivity contribution is 0.00680. The number of hydrogen-bond donors (Lipinski definition) is 1. The molecular weight excluding hydrogens is 232 g/mol. The SMILES string of the molecule is CCC1CNC(C)(CC)CN1C1CCCC(C)(C)C1. The van der Waals surface area contributed by atoms with Gasteiger partial charge in [0.2, 0.25) is 0 Å². The third-order valence-corrected chi connectivity index (χ3v) is 5.66. The summed E-state index contributed by atoms with van der Waals surface area (Å²) >= 11 is 0. The molecule has 1 N–H and O–H groups in total. The van der Waals surface area contributed by atoms with Crippen LogP contribution in [0.3, 0.4) is 0 Å². The van der Waals surface area contributed by atoms with Crippen LogP contribution in [-0.2, 0) is 0 Å². The van der Waals surface area contributed by atoms with E-state index in [0.29, 0.717) is 11.0 Å². The summed E-state index contributed by atoms with van der Waals surface area (Å²) in [6, 6.07) is 1.57. The van der Waals surface area contributed by atoms with Crippen molar-refractivity contribution in [1.82, 2.24) is 10.2 Å². The first kappa shape index (κ1) is 15.3. The minimum Gasteiger partial charge on any atom is -0.309 e. The Kier molecular flexibility index (Phi) is 4.62. The van der Waals surface area contributed by atoms with Crippen LogP contribution in [0.1, 0.15) is 73.1 Å². The van der Waals surface area contributed by atoms with E-state index in [1.165, 1.54) is 51.6 Å². The van der Waals surface area contributed by atoms with E-state index in [1.807, 2.05) is 0 Å². The molecule has 3 unspecified atom stereocenters. The molecular formula is C17H34N2. The fourth-order valence-corrected chi connectivity index (χ4v) is 4.05. The normalized spacial score (nSPS) is 40.3. The van der Waals surface area contributed by atoms with E-state index in [0.717, 1.165) is 12.1 Å². The van der Waals surface area contributed by atoms with Crippen LogP contribution >= 0.6 is 0 Å². The monoisotopic (exact) mass is 266 g/mol. The first-order valence-corrected chi connectivity index (χ1v) is 8.40. The molecule has 0 aromatic rings. The Morgan fingerprint density at radius 3 is 2.53 bits per heavy atom. The lowest BCUT2D eigenvalue weighted by Gasteiger charge is -2.52. The van der Waals surface area contributed by atoms with Crippen LogP contribution in [0.25, 0.3) is 0 Å². The zero-order valence-corrected chi connectivity index (χ0v) is 13.8. The number of hydrogen-bond acceptors (Lipinski definition) is 2. The minimum atomic E-state index is 0.327. The van der Waals surface area contributed by atoms with Crippen molar-refractivity contribution in [3.8, 4) is 0 Å². The summed E-state index contributed by atoms with van der Waals surface area (Å²) in [6.07, 6.45) is 8.15. The molecule has 2 aliphatic rings. The zero-order chi connectivity index (χ0) is 14.1. The topological polar surface area (TPSA) is 15.3 Å². The molecule has 112 valence electrons. The lowest BCUT2D eigenvalue weighted by Crippen LogP contribution is -2.65. The van der Waals surface area contributed by atoms with Gasteiger partial charge in [0.25, 0.3) is 0 Å². The second-order valence-corrected chi connectivity index (χ2v) is 7.94. The maximum Gasteiger partial charge on any atom is 0.0278 e. The average molecular weight is 266 g/mol. The van der Waals surface area contributed by atoms with Gasteiger partial charge in [0, 0.05) is 30.7 Å². The molecule has 0 aromatic heterocycles. The summed E-state index contributed by atoms with van der Waals surface area (Å²) in [5.74, 6) is 0. The van der Waals surface area contributed by atoms with Crippen LogP contribution in [-0.4, -0.2) is 35.6 Å². The molecule has 2 rings (SSSR count). The van der Waals surface area contributed by atoms with Gasteiger partial charge in [-0.3, -0.25) is 4.90 Å². The van der Waals surface area contributed by atoms with Gasteiger partial charge in [-0.15, -0.1) is 0 Å². The number of nitrogens with zero attached hydrogens (tertiary/aromatic N) is 1. The second-order valence-electron chi connectivity index (χ2n) is 7.94. The van der Waals surface area contributed by atoms with E-state index in [1.54, 1.807) is 0 Å². The van der Waals surface area contributed by atoms with Crippen molar-refractivity contribution >= 4 is 0 Å². The second kappa shape index (κ2) is 5.73. The molecule has 0 amide bonds. The summed E-state index contributed by atoms with van der Waals surface area (Å²) in [4.78, 5) is 2.86. The summed E-state index contributed by atoms with van der Waals surface area (Å²) in [5, 5.41) is 3.79. The Morgan fingerprint density at radius 2 is 1.95 bits per heavy atom. The van der Waals surface area contributed by atoms with Gasteiger partial charge < -0.3 is 5.32 Å². The van der Waals surface area contributed by atoms with Crippen LogP contribution in [0, 0.1) is 5.41 Å². The molecule has 1 saturated heterocycles. The molecule has 0 bridgehead atoms. The van der Waals surface area contributed by atoms with E-state index in [9.17, 15) is 0 Å². The van der Waals surface area contributed by atoms with E-state index < -0.39 is 0 Å². The van der Waals surface area contributed by atoms with Crippen molar-refractivity contribution in [1.29, 1.82) is 0 Å². The molecule has 1 saturated carbocycles. The van der Waals surface area contributed by atoms with Crippen molar-refractivity contribution < 1.29 is 0 Å². The van der Waals surface area contributed by atoms with Gasteiger partial charge >= 0.3 is 0 Å². The van der Waals surface area contributed by atoms with Crippen LogP contribution in [0.15, 0.2) is 0 Å². The van der Waals surface area contributed by atoms with Crippen LogP contribution in [0.5, 0.6) is 0 Å². The molecule has 0 spiro atoms. The molecule has 0 radical (unpaired) electrons. The molecule has 2 fully saturated rings. The Balaban J connectivity index is 2.09. The largest absolute Gasteiger partial charge is 0.309 e. The van der Waals surface area contributed by atoms with E-state index >= 15 is 0 Å². The maximum atomic E-state index is 3.79. The van der Waals surface area contributed by atoms with Crippen molar-refractivity contribution in [3.63, 3.8) is 0 Å². The summed E-state index contributed by atoms with van der Waals surface area (Å²) < 4.78 is 0. The number of nitrogens with one attached hydrogen (secondary N) is 1. The van der Waals surface area contributed by atoms with E-state index in [2.05, 4.69) is 44.8 Å².